The number of anilines is 2. The molecule has 1 aliphatic heterocycles. The molecule has 7 heteroatoms. The normalized spacial score (nSPS) is 20.8. The predicted octanol–water partition coefficient (Wildman–Crippen LogP) is 1.45. The molecule has 2 rings (SSSR count). The summed E-state index contributed by atoms with van der Waals surface area (Å²) in [4.78, 5) is 8.65. The van der Waals surface area contributed by atoms with Crippen LogP contribution in [-0.4, -0.2) is 43.0 Å². The van der Waals surface area contributed by atoms with Crippen molar-refractivity contribution in [1.29, 1.82) is 0 Å². The SMILES string of the molecule is CCCNc1ncc(C)c(NCC2CCS(=O)(=O)C2)n1. The zero-order valence-electron chi connectivity index (χ0n) is 12.0. The van der Waals surface area contributed by atoms with Crippen LogP contribution in [0.1, 0.15) is 25.3 Å². The molecule has 6 nitrogen and oxygen atoms in total. The molecule has 0 radical (unpaired) electrons. The number of aromatic nitrogens is 2. The van der Waals surface area contributed by atoms with E-state index in [1.165, 1.54) is 0 Å². The molecule has 2 N–H and O–H groups in total. The van der Waals surface area contributed by atoms with Gasteiger partial charge >= 0.3 is 0 Å². The fraction of sp³-hybridized carbons (Fsp3) is 0.692. The number of nitrogens with zero attached hydrogens (tertiary/aromatic N) is 2. The average molecular weight is 298 g/mol. The van der Waals surface area contributed by atoms with E-state index in [1.54, 1.807) is 6.20 Å². The van der Waals surface area contributed by atoms with E-state index in [4.69, 9.17) is 0 Å². The molecule has 112 valence electrons. The lowest BCUT2D eigenvalue weighted by Crippen LogP contribution is -2.17. The van der Waals surface area contributed by atoms with Crippen LogP contribution in [0, 0.1) is 12.8 Å². The monoisotopic (exact) mass is 298 g/mol. The highest BCUT2D eigenvalue weighted by Crippen LogP contribution is 2.20. The van der Waals surface area contributed by atoms with Crippen molar-refractivity contribution >= 4 is 21.6 Å². The summed E-state index contributed by atoms with van der Waals surface area (Å²) >= 11 is 0. The lowest BCUT2D eigenvalue weighted by molar-refractivity contribution is 0.595. The summed E-state index contributed by atoms with van der Waals surface area (Å²) in [6, 6.07) is 0. The number of aryl methyl sites for hydroxylation is 1. The van der Waals surface area contributed by atoms with Gasteiger partial charge in [0, 0.05) is 24.8 Å². The number of nitrogens with one attached hydrogen (secondary N) is 2. The molecular formula is C13H22N4O2S. The fourth-order valence-corrected chi connectivity index (χ4v) is 4.08. The molecule has 1 aromatic heterocycles. The van der Waals surface area contributed by atoms with Crippen LogP contribution >= 0.6 is 0 Å². The van der Waals surface area contributed by atoms with Crippen molar-refractivity contribution in [2.45, 2.75) is 26.7 Å². The molecule has 1 saturated heterocycles. The minimum Gasteiger partial charge on any atom is -0.369 e. The van der Waals surface area contributed by atoms with Gasteiger partial charge in [0.1, 0.15) is 5.82 Å². The lowest BCUT2D eigenvalue weighted by atomic mass is 10.1. The van der Waals surface area contributed by atoms with E-state index in [0.717, 1.165) is 30.8 Å². The van der Waals surface area contributed by atoms with Crippen molar-refractivity contribution in [3.8, 4) is 0 Å². The Morgan fingerprint density at radius 3 is 2.85 bits per heavy atom. The number of hydrogen-bond donors (Lipinski definition) is 2. The Bertz CT molecular complexity index is 559. The predicted molar refractivity (Wildman–Crippen MR) is 80.8 cm³/mol. The summed E-state index contributed by atoms with van der Waals surface area (Å²) in [5, 5.41) is 6.40. The summed E-state index contributed by atoms with van der Waals surface area (Å²) in [6.07, 6.45) is 3.53. The first-order valence-corrected chi connectivity index (χ1v) is 8.84. The van der Waals surface area contributed by atoms with Crippen molar-refractivity contribution in [1.82, 2.24) is 9.97 Å². The van der Waals surface area contributed by atoms with Crippen LogP contribution in [-0.2, 0) is 9.84 Å². The van der Waals surface area contributed by atoms with Crippen LogP contribution in [0.25, 0.3) is 0 Å². The Hall–Kier alpha value is -1.37. The van der Waals surface area contributed by atoms with Crippen LogP contribution in [0.5, 0.6) is 0 Å². The van der Waals surface area contributed by atoms with Gasteiger partial charge in [-0.2, -0.15) is 4.98 Å². The maximum Gasteiger partial charge on any atom is 0.224 e. The van der Waals surface area contributed by atoms with Crippen molar-refractivity contribution in [2.75, 3.05) is 35.2 Å². The number of hydrogen-bond acceptors (Lipinski definition) is 6. The summed E-state index contributed by atoms with van der Waals surface area (Å²) in [6.45, 7) is 5.51. The summed E-state index contributed by atoms with van der Waals surface area (Å²) in [5.41, 5.74) is 0.966. The van der Waals surface area contributed by atoms with E-state index >= 15 is 0 Å². The molecule has 0 amide bonds. The second kappa shape index (κ2) is 6.39. The first kappa shape index (κ1) is 15.0. The van der Waals surface area contributed by atoms with E-state index in [-0.39, 0.29) is 11.7 Å². The molecule has 2 heterocycles. The molecule has 0 aliphatic carbocycles. The smallest absolute Gasteiger partial charge is 0.224 e. The van der Waals surface area contributed by atoms with Crippen LogP contribution in [0.2, 0.25) is 0 Å². The van der Waals surface area contributed by atoms with Crippen molar-refractivity contribution in [3.05, 3.63) is 11.8 Å². The second-order valence-corrected chi connectivity index (χ2v) is 7.53. The first-order chi connectivity index (χ1) is 9.50. The molecule has 1 fully saturated rings. The van der Waals surface area contributed by atoms with E-state index in [2.05, 4.69) is 27.5 Å². The first-order valence-electron chi connectivity index (χ1n) is 7.02. The average Bonchev–Trinajstić information content (AvgIpc) is 2.76. The van der Waals surface area contributed by atoms with Gasteiger partial charge in [0.2, 0.25) is 5.95 Å². The van der Waals surface area contributed by atoms with Gasteiger partial charge in [-0.1, -0.05) is 6.92 Å². The maximum absolute atomic E-state index is 11.4. The Morgan fingerprint density at radius 1 is 1.40 bits per heavy atom. The second-order valence-electron chi connectivity index (χ2n) is 5.30. The zero-order chi connectivity index (χ0) is 14.6. The minimum atomic E-state index is -2.82. The lowest BCUT2D eigenvalue weighted by Gasteiger charge is -2.13. The largest absolute Gasteiger partial charge is 0.369 e. The molecule has 0 saturated carbocycles. The van der Waals surface area contributed by atoms with E-state index in [0.29, 0.717) is 18.2 Å². The highest BCUT2D eigenvalue weighted by Gasteiger charge is 2.27. The van der Waals surface area contributed by atoms with Gasteiger partial charge in [0.05, 0.1) is 11.5 Å². The Morgan fingerprint density at radius 2 is 2.20 bits per heavy atom. The van der Waals surface area contributed by atoms with Gasteiger partial charge in [-0.3, -0.25) is 0 Å². The van der Waals surface area contributed by atoms with Crippen LogP contribution in [0.15, 0.2) is 6.20 Å². The van der Waals surface area contributed by atoms with E-state index < -0.39 is 9.84 Å². The Kier molecular flexibility index (Phi) is 4.80. The standard InChI is InChI=1S/C13H22N4O2S/c1-3-5-14-13-16-7-10(2)12(17-13)15-8-11-4-6-20(18,19)9-11/h7,11H,3-6,8-9H2,1-2H3,(H2,14,15,16,17). The topological polar surface area (TPSA) is 84.0 Å². The molecule has 20 heavy (non-hydrogen) atoms. The van der Waals surface area contributed by atoms with Gasteiger partial charge in [-0.25, -0.2) is 13.4 Å². The van der Waals surface area contributed by atoms with Crippen LogP contribution in [0.3, 0.4) is 0 Å². The van der Waals surface area contributed by atoms with E-state index in [9.17, 15) is 8.42 Å². The molecule has 1 atom stereocenters. The number of rotatable bonds is 6. The van der Waals surface area contributed by atoms with Crippen molar-refractivity contribution < 1.29 is 8.42 Å². The minimum absolute atomic E-state index is 0.182. The molecular weight excluding hydrogens is 276 g/mol. The quantitative estimate of drug-likeness (QED) is 0.827. The van der Waals surface area contributed by atoms with Crippen LogP contribution in [0.4, 0.5) is 11.8 Å². The highest BCUT2D eigenvalue weighted by atomic mass is 32.2. The molecule has 0 bridgehead atoms. The molecule has 1 unspecified atom stereocenters. The maximum atomic E-state index is 11.4. The fourth-order valence-electron chi connectivity index (χ4n) is 2.22. The van der Waals surface area contributed by atoms with Crippen molar-refractivity contribution in [2.24, 2.45) is 5.92 Å². The number of sulfone groups is 1. The molecule has 0 spiro atoms. The van der Waals surface area contributed by atoms with Crippen LogP contribution < -0.4 is 10.6 Å². The van der Waals surface area contributed by atoms with Gasteiger partial charge < -0.3 is 10.6 Å². The van der Waals surface area contributed by atoms with Crippen molar-refractivity contribution in [3.63, 3.8) is 0 Å². The van der Waals surface area contributed by atoms with E-state index in [1.807, 2.05) is 6.92 Å². The third-order valence-electron chi connectivity index (χ3n) is 3.39. The van der Waals surface area contributed by atoms with Gasteiger partial charge in [-0.15, -0.1) is 0 Å². The molecule has 0 aromatic carbocycles. The Labute approximate surface area is 120 Å². The van der Waals surface area contributed by atoms with Gasteiger partial charge in [0.15, 0.2) is 9.84 Å². The summed E-state index contributed by atoms with van der Waals surface area (Å²) in [5.74, 6) is 2.17. The third-order valence-corrected chi connectivity index (χ3v) is 5.23. The van der Waals surface area contributed by atoms with Gasteiger partial charge in [0.25, 0.3) is 0 Å². The zero-order valence-corrected chi connectivity index (χ0v) is 12.8. The Balaban J connectivity index is 1.95. The highest BCUT2D eigenvalue weighted by molar-refractivity contribution is 7.91. The molecule has 1 aliphatic rings. The molecule has 1 aromatic rings. The third kappa shape index (κ3) is 4.06. The summed E-state index contributed by atoms with van der Waals surface area (Å²) < 4.78 is 22.9. The summed E-state index contributed by atoms with van der Waals surface area (Å²) in [7, 11) is -2.82. The van der Waals surface area contributed by atoms with Gasteiger partial charge in [-0.05, 0) is 25.7 Å².